The number of methoxy groups -OCH3 is 1. The number of hydrogen-bond acceptors (Lipinski definition) is 9. The van der Waals surface area contributed by atoms with Crippen molar-refractivity contribution in [2.75, 3.05) is 20.3 Å². The topological polar surface area (TPSA) is 155 Å². The largest absolute Gasteiger partial charge is 0.465 e. The molecule has 1 rings (SSSR count). The van der Waals surface area contributed by atoms with Crippen LogP contribution >= 0.6 is 0 Å². The smallest absolute Gasteiger partial charge is 0.366 e. The molecule has 1 saturated heterocycles. The lowest BCUT2D eigenvalue weighted by molar-refractivity contribution is -0.309. The summed E-state index contributed by atoms with van der Waals surface area (Å²) in [4.78, 5) is 23.6. The standard InChI is InChI=1S/C15H25NO9/c1-4-5-24-15(14(22)23-3)6-9(19)11(16-8(2)18)13(25-15)12(21)10(20)7-17/h4,9-13,17,19-21H,1,5-7H2,2-3H3,(H,16,18). The van der Waals surface area contributed by atoms with Crippen LogP contribution in [0.4, 0.5) is 0 Å². The summed E-state index contributed by atoms with van der Waals surface area (Å²) in [5.41, 5.74) is 0. The summed E-state index contributed by atoms with van der Waals surface area (Å²) in [6.07, 6.45) is -5.24. The van der Waals surface area contributed by atoms with Crippen LogP contribution in [0.15, 0.2) is 12.7 Å². The zero-order valence-electron chi connectivity index (χ0n) is 14.1. The van der Waals surface area contributed by atoms with E-state index in [4.69, 9.17) is 14.6 Å². The molecule has 10 heteroatoms. The van der Waals surface area contributed by atoms with Gasteiger partial charge in [0.1, 0.15) is 18.3 Å². The lowest BCUT2D eigenvalue weighted by Crippen LogP contribution is -2.68. The number of carbonyl (C=O) groups excluding carboxylic acids is 2. The minimum atomic E-state index is -2.07. The third-order valence-corrected chi connectivity index (χ3v) is 3.79. The highest BCUT2D eigenvalue weighted by molar-refractivity contribution is 5.78. The summed E-state index contributed by atoms with van der Waals surface area (Å²) in [5.74, 6) is -3.57. The number of hydrogen-bond donors (Lipinski definition) is 5. The van der Waals surface area contributed by atoms with Crippen LogP contribution in [-0.2, 0) is 23.8 Å². The third kappa shape index (κ3) is 4.97. The summed E-state index contributed by atoms with van der Waals surface area (Å²) in [6.45, 7) is 3.72. The van der Waals surface area contributed by atoms with E-state index in [0.717, 1.165) is 7.11 Å². The molecule has 6 unspecified atom stereocenters. The van der Waals surface area contributed by atoms with Crippen molar-refractivity contribution in [3.05, 3.63) is 12.7 Å². The number of aliphatic hydroxyl groups excluding tert-OH is 4. The second-order valence-electron chi connectivity index (χ2n) is 5.66. The maximum Gasteiger partial charge on any atom is 0.366 e. The molecule has 0 aromatic carbocycles. The minimum Gasteiger partial charge on any atom is -0.465 e. The van der Waals surface area contributed by atoms with Gasteiger partial charge in [-0.3, -0.25) is 4.79 Å². The molecule has 25 heavy (non-hydrogen) atoms. The predicted molar refractivity (Wildman–Crippen MR) is 83.1 cm³/mol. The van der Waals surface area contributed by atoms with E-state index in [1.165, 1.54) is 13.0 Å². The summed E-state index contributed by atoms with van der Waals surface area (Å²) in [5, 5.41) is 41.8. The van der Waals surface area contributed by atoms with E-state index in [0.29, 0.717) is 0 Å². The fourth-order valence-corrected chi connectivity index (χ4v) is 2.62. The Kier molecular flexibility index (Phi) is 7.93. The van der Waals surface area contributed by atoms with Crippen molar-refractivity contribution in [3.8, 4) is 0 Å². The van der Waals surface area contributed by atoms with Crippen LogP contribution in [0.1, 0.15) is 13.3 Å². The molecular formula is C15H25NO9. The number of rotatable bonds is 8. The summed E-state index contributed by atoms with van der Waals surface area (Å²) < 4.78 is 15.6. The van der Waals surface area contributed by atoms with Crippen molar-refractivity contribution < 1.29 is 44.2 Å². The van der Waals surface area contributed by atoms with E-state index in [9.17, 15) is 24.9 Å². The molecule has 5 N–H and O–H groups in total. The van der Waals surface area contributed by atoms with Gasteiger partial charge in [-0.25, -0.2) is 4.79 Å². The quantitative estimate of drug-likeness (QED) is 0.231. The molecule has 0 spiro atoms. The molecule has 0 aliphatic carbocycles. The van der Waals surface area contributed by atoms with E-state index in [2.05, 4.69) is 16.6 Å². The van der Waals surface area contributed by atoms with Crippen molar-refractivity contribution >= 4 is 11.9 Å². The molecule has 0 saturated carbocycles. The maximum absolute atomic E-state index is 12.2. The van der Waals surface area contributed by atoms with Gasteiger partial charge in [0.05, 0.1) is 32.5 Å². The van der Waals surface area contributed by atoms with E-state index in [1.54, 1.807) is 0 Å². The third-order valence-electron chi connectivity index (χ3n) is 3.79. The predicted octanol–water partition coefficient (Wildman–Crippen LogP) is -2.57. The fraction of sp³-hybridized carbons (Fsp3) is 0.733. The van der Waals surface area contributed by atoms with Crippen LogP contribution < -0.4 is 5.32 Å². The molecule has 1 amide bonds. The molecule has 0 aromatic rings. The summed E-state index contributed by atoms with van der Waals surface area (Å²) >= 11 is 0. The number of ether oxygens (including phenoxy) is 3. The van der Waals surface area contributed by atoms with Crippen LogP contribution in [0.3, 0.4) is 0 Å². The average molecular weight is 363 g/mol. The first-order valence-corrected chi connectivity index (χ1v) is 7.65. The average Bonchev–Trinajstić information content (AvgIpc) is 2.59. The van der Waals surface area contributed by atoms with Crippen LogP contribution in [0, 0.1) is 0 Å². The first-order valence-electron chi connectivity index (χ1n) is 7.65. The Hall–Kier alpha value is -1.56. The van der Waals surface area contributed by atoms with E-state index >= 15 is 0 Å². The van der Waals surface area contributed by atoms with Crippen molar-refractivity contribution in [3.63, 3.8) is 0 Å². The van der Waals surface area contributed by atoms with Crippen LogP contribution in [0.25, 0.3) is 0 Å². The number of carbonyl (C=O) groups is 2. The molecule has 6 atom stereocenters. The van der Waals surface area contributed by atoms with E-state index in [-0.39, 0.29) is 6.61 Å². The van der Waals surface area contributed by atoms with Gasteiger partial charge < -0.3 is 40.0 Å². The molecule has 1 aliphatic heterocycles. The van der Waals surface area contributed by atoms with Gasteiger partial charge in [-0.2, -0.15) is 0 Å². The van der Waals surface area contributed by atoms with E-state index < -0.39 is 61.1 Å². The zero-order valence-corrected chi connectivity index (χ0v) is 14.1. The number of nitrogens with one attached hydrogen (secondary N) is 1. The van der Waals surface area contributed by atoms with E-state index in [1.807, 2.05) is 0 Å². The fourth-order valence-electron chi connectivity index (χ4n) is 2.62. The lowest BCUT2D eigenvalue weighted by atomic mass is 9.88. The molecule has 10 nitrogen and oxygen atoms in total. The number of aliphatic hydroxyl groups is 4. The summed E-state index contributed by atoms with van der Waals surface area (Å²) in [6, 6.07) is -1.15. The Balaban J connectivity index is 3.23. The number of amides is 1. The SMILES string of the molecule is C=CCOC1(C(=O)OC)CC(O)C(NC(C)=O)C(C(O)C(O)CO)O1. The first kappa shape index (κ1) is 21.5. The Morgan fingerprint density at radius 1 is 1.48 bits per heavy atom. The van der Waals surface area contributed by atoms with Gasteiger partial charge in [0.25, 0.3) is 5.79 Å². The van der Waals surface area contributed by atoms with Crippen LogP contribution in [-0.4, -0.2) is 88.9 Å². The van der Waals surface area contributed by atoms with Gasteiger partial charge in [0, 0.05) is 13.3 Å². The highest BCUT2D eigenvalue weighted by Gasteiger charge is 2.56. The second kappa shape index (κ2) is 9.22. The van der Waals surface area contributed by atoms with Gasteiger partial charge >= 0.3 is 5.97 Å². The van der Waals surface area contributed by atoms with Crippen molar-refractivity contribution in [1.29, 1.82) is 0 Å². The van der Waals surface area contributed by atoms with Gasteiger partial charge in [0.2, 0.25) is 5.91 Å². The van der Waals surface area contributed by atoms with Gasteiger partial charge in [-0.1, -0.05) is 6.08 Å². The Bertz CT molecular complexity index is 486. The highest BCUT2D eigenvalue weighted by Crippen LogP contribution is 2.34. The van der Waals surface area contributed by atoms with Crippen molar-refractivity contribution in [1.82, 2.24) is 5.32 Å². The summed E-state index contributed by atoms with van der Waals surface area (Å²) in [7, 11) is 1.09. The highest BCUT2D eigenvalue weighted by atomic mass is 16.7. The molecule has 1 heterocycles. The molecule has 0 aromatic heterocycles. The second-order valence-corrected chi connectivity index (χ2v) is 5.66. The normalized spacial score (nSPS) is 31.7. The molecule has 0 bridgehead atoms. The van der Waals surface area contributed by atoms with Gasteiger partial charge in [0.15, 0.2) is 0 Å². The Labute approximate surface area is 145 Å². The van der Waals surface area contributed by atoms with Gasteiger partial charge in [-0.15, -0.1) is 6.58 Å². The Morgan fingerprint density at radius 2 is 2.12 bits per heavy atom. The number of esters is 1. The zero-order chi connectivity index (χ0) is 19.2. The molecule has 1 aliphatic rings. The minimum absolute atomic E-state index is 0.127. The molecule has 0 radical (unpaired) electrons. The van der Waals surface area contributed by atoms with Crippen LogP contribution in [0.5, 0.6) is 0 Å². The maximum atomic E-state index is 12.2. The van der Waals surface area contributed by atoms with Crippen LogP contribution in [0.2, 0.25) is 0 Å². The van der Waals surface area contributed by atoms with Crippen molar-refractivity contribution in [2.24, 2.45) is 0 Å². The monoisotopic (exact) mass is 363 g/mol. The van der Waals surface area contributed by atoms with Crippen molar-refractivity contribution in [2.45, 2.75) is 49.6 Å². The first-order chi connectivity index (χ1) is 11.7. The molecular weight excluding hydrogens is 338 g/mol. The molecule has 144 valence electrons. The molecule has 1 fully saturated rings. The van der Waals surface area contributed by atoms with Gasteiger partial charge in [-0.05, 0) is 0 Å². The Morgan fingerprint density at radius 3 is 2.60 bits per heavy atom. The lowest BCUT2D eigenvalue weighted by Gasteiger charge is -2.46.